The third-order valence-corrected chi connectivity index (χ3v) is 4.23. The van der Waals surface area contributed by atoms with Crippen LogP contribution in [0.5, 0.6) is 0 Å². The van der Waals surface area contributed by atoms with Crippen LogP contribution in [0.3, 0.4) is 0 Å². The summed E-state index contributed by atoms with van der Waals surface area (Å²) in [6.07, 6.45) is 3.09. The van der Waals surface area contributed by atoms with Gasteiger partial charge in [-0.2, -0.15) is 0 Å². The summed E-state index contributed by atoms with van der Waals surface area (Å²) in [5, 5.41) is 4.20. The highest BCUT2D eigenvalue weighted by atomic mass is 32.2. The lowest BCUT2D eigenvalue weighted by Gasteiger charge is -2.05. The molecule has 124 valence electrons. The minimum atomic E-state index is -0.657. The molecule has 0 saturated carbocycles. The molecule has 1 heterocycles. The Morgan fingerprint density at radius 2 is 2.21 bits per heavy atom. The molecule has 7 nitrogen and oxygen atoms in total. The van der Waals surface area contributed by atoms with Crippen LogP contribution in [-0.4, -0.2) is 22.1 Å². The van der Waals surface area contributed by atoms with Crippen molar-refractivity contribution < 1.29 is 9.53 Å². The van der Waals surface area contributed by atoms with E-state index in [1.807, 2.05) is 29.8 Å². The molecule has 0 aliphatic rings. The van der Waals surface area contributed by atoms with Crippen LogP contribution >= 0.6 is 11.8 Å². The van der Waals surface area contributed by atoms with Gasteiger partial charge in [0.25, 0.3) is 0 Å². The maximum Gasteiger partial charge on any atom is 0.340 e. The van der Waals surface area contributed by atoms with Crippen LogP contribution in [0.1, 0.15) is 18.2 Å². The molecule has 0 N–H and O–H groups in total. The zero-order valence-electron chi connectivity index (χ0n) is 13.4. The maximum absolute atomic E-state index is 11.8. The SMILES string of the molecule is CCOC(=O)/C(=C/c1cnc(SCc2ccccc2)n1C)N=[N+]=[N-]. The summed E-state index contributed by atoms with van der Waals surface area (Å²) in [6.45, 7) is 1.90. The van der Waals surface area contributed by atoms with Gasteiger partial charge in [0.1, 0.15) is 5.70 Å². The fourth-order valence-corrected chi connectivity index (χ4v) is 2.83. The number of esters is 1. The van der Waals surface area contributed by atoms with Crippen molar-refractivity contribution in [1.82, 2.24) is 9.55 Å². The van der Waals surface area contributed by atoms with Crippen molar-refractivity contribution in [2.75, 3.05) is 6.61 Å². The highest BCUT2D eigenvalue weighted by Crippen LogP contribution is 2.23. The number of carbonyl (C=O) groups excluding carboxylic acids is 1. The summed E-state index contributed by atoms with van der Waals surface area (Å²) in [5.74, 6) is 0.130. The Bertz CT molecular complexity index is 779. The van der Waals surface area contributed by atoms with Crippen LogP contribution in [0.25, 0.3) is 16.5 Å². The predicted molar refractivity (Wildman–Crippen MR) is 93.0 cm³/mol. The molecule has 0 fully saturated rings. The molecule has 2 aromatic rings. The number of nitrogens with zero attached hydrogens (tertiary/aromatic N) is 5. The fraction of sp³-hybridized carbons (Fsp3) is 0.250. The quantitative estimate of drug-likeness (QED) is 0.190. The first-order chi connectivity index (χ1) is 11.7. The van der Waals surface area contributed by atoms with Gasteiger partial charge in [-0.3, -0.25) is 0 Å². The van der Waals surface area contributed by atoms with E-state index in [1.54, 1.807) is 24.9 Å². The van der Waals surface area contributed by atoms with Crippen LogP contribution in [-0.2, 0) is 22.3 Å². The minimum Gasteiger partial charge on any atom is -0.462 e. The summed E-state index contributed by atoms with van der Waals surface area (Å²) in [5.41, 5.74) is 10.4. The molecule has 24 heavy (non-hydrogen) atoms. The number of benzene rings is 1. The minimum absolute atomic E-state index is 0.0954. The number of hydrogen-bond acceptors (Lipinski definition) is 5. The Morgan fingerprint density at radius 3 is 2.88 bits per heavy atom. The van der Waals surface area contributed by atoms with E-state index in [1.165, 1.54) is 11.6 Å². The summed E-state index contributed by atoms with van der Waals surface area (Å²) in [7, 11) is 1.84. The van der Waals surface area contributed by atoms with E-state index in [4.69, 9.17) is 10.3 Å². The second-order valence-corrected chi connectivity index (χ2v) is 5.68. The highest BCUT2D eigenvalue weighted by molar-refractivity contribution is 7.98. The third kappa shape index (κ3) is 4.65. The van der Waals surface area contributed by atoms with Crippen molar-refractivity contribution in [3.8, 4) is 0 Å². The lowest BCUT2D eigenvalue weighted by Crippen LogP contribution is -2.06. The number of aromatic nitrogens is 2. The van der Waals surface area contributed by atoms with Gasteiger partial charge < -0.3 is 9.30 Å². The van der Waals surface area contributed by atoms with Crippen molar-refractivity contribution in [3.63, 3.8) is 0 Å². The van der Waals surface area contributed by atoms with Gasteiger partial charge in [0, 0.05) is 17.7 Å². The van der Waals surface area contributed by atoms with Crippen molar-refractivity contribution in [2.24, 2.45) is 12.2 Å². The molecular weight excluding hydrogens is 326 g/mol. The molecule has 0 amide bonds. The Kier molecular flexibility index (Phi) is 6.48. The average molecular weight is 343 g/mol. The first-order valence-corrected chi connectivity index (χ1v) is 8.26. The van der Waals surface area contributed by atoms with Crippen LogP contribution in [0.15, 0.2) is 52.5 Å². The molecule has 0 radical (unpaired) electrons. The van der Waals surface area contributed by atoms with Gasteiger partial charge in [-0.05, 0) is 24.1 Å². The van der Waals surface area contributed by atoms with Crippen molar-refractivity contribution in [3.05, 3.63) is 63.9 Å². The Hall–Kier alpha value is -2.70. The summed E-state index contributed by atoms with van der Waals surface area (Å²) in [4.78, 5) is 18.8. The molecule has 0 aliphatic carbocycles. The van der Waals surface area contributed by atoms with Gasteiger partial charge in [-0.25, -0.2) is 9.78 Å². The Morgan fingerprint density at radius 1 is 1.46 bits per heavy atom. The van der Waals surface area contributed by atoms with Gasteiger partial charge in [0.2, 0.25) is 0 Å². The molecule has 0 saturated heterocycles. The molecule has 0 unspecified atom stereocenters. The Balaban J connectivity index is 2.17. The topological polar surface area (TPSA) is 92.9 Å². The number of imidazole rings is 1. The fourth-order valence-electron chi connectivity index (χ4n) is 1.92. The van der Waals surface area contributed by atoms with E-state index < -0.39 is 5.97 Å². The molecule has 8 heteroatoms. The van der Waals surface area contributed by atoms with Crippen LogP contribution in [0.2, 0.25) is 0 Å². The number of rotatable bonds is 7. The standard InChI is InChI=1S/C16H17N5O2S/c1-3-23-15(22)14(19-20-17)9-13-10-18-16(21(13)2)24-11-12-7-5-4-6-8-12/h4-10H,3,11H2,1-2H3/b14-9-. The van der Waals surface area contributed by atoms with Crippen LogP contribution < -0.4 is 0 Å². The number of thioether (sulfide) groups is 1. The van der Waals surface area contributed by atoms with Crippen LogP contribution in [0.4, 0.5) is 0 Å². The predicted octanol–water partition coefficient (Wildman–Crippen LogP) is 3.93. The van der Waals surface area contributed by atoms with Gasteiger partial charge in [-0.1, -0.05) is 47.2 Å². The van der Waals surface area contributed by atoms with E-state index in [9.17, 15) is 4.79 Å². The van der Waals surface area contributed by atoms with E-state index in [0.29, 0.717) is 5.69 Å². The smallest absolute Gasteiger partial charge is 0.340 e. The number of carbonyl (C=O) groups is 1. The molecule has 1 aromatic carbocycles. The molecule has 2 rings (SSSR count). The average Bonchev–Trinajstić information content (AvgIpc) is 2.94. The van der Waals surface area contributed by atoms with Gasteiger partial charge >= 0.3 is 5.97 Å². The maximum atomic E-state index is 11.8. The van der Waals surface area contributed by atoms with Gasteiger partial charge in [-0.15, -0.1) is 0 Å². The Labute approximate surface area is 144 Å². The highest BCUT2D eigenvalue weighted by Gasteiger charge is 2.12. The van der Waals surface area contributed by atoms with Crippen molar-refractivity contribution in [1.29, 1.82) is 0 Å². The van der Waals surface area contributed by atoms with E-state index in [-0.39, 0.29) is 12.3 Å². The van der Waals surface area contributed by atoms with Crippen LogP contribution in [0, 0.1) is 0 Å². The lowest BCUT2D eigenvalue weighted by atomic mass is 10.2. The van der Waals surface area contributed by atoms with E-state index >= 15 is 0 Å². The molecular formula is C16H17N5O2S. The zero-order chi connectivity index (χ0) is 17.4. The monoisotopic (exact) mass is 343 g/mol. The molecule has 0 aliphatic heterocycles. The first-order valence-electron chi connectivity index (χ1n) is 7.28. The van der Waals surface area contributed by atoms with Crippen molar-refractivity contribution in [2.45, 2.75) is 17.8 Å². The molecule has 0 atom stereocenters. The number of ether oxygens (including phenoxy) is 1. The summed E-state index contributed by atoms with van der Waals surface area (Å²) in [6, 6.07) is 10.1. The summed E-state index contributed by atoms with van der Waals surface area (Å²) < 4.78 is 6.71. The van der Waals surface area contributed by atoms with Gasteiger partial charge in [0.15, 0.2) is 5.16 Å². The van der Waals surface area contributed by atoms with Gasteiger partial charge in [0.05, 0.1) is 18.5 Å². The van der Waals surface area contributed by atoms with E-state index in [0.717, 1.165) is 10.9 Å². The normalized spacial score (nSPS) is 11.0. The summed E-state index contributed by atoms with van der Waals surface area (Å²) >= 11 is 1.58. The molecule has 0 bridgehead atoms. The van der Waals surface area contributed by atoms with E-state index in [2.05, 4.69) is 27.1 Å². The largest absolute Gasteiger partial charge is 0.462 e. The molecule has 1 aromatic heterocycles. The third-order valence-electron chi connectivity index (χ3n) is 3.11. The number of azide groups is 1. The second kappa shape index (κ2) is 8.81. The zero-order valence-corrected chi connectivity index (χ0v) is 14.2. The van der Waals surface area contributed by atoms with Crippen molar-refractivity contribution >= 4 is 23.8 Å². The lowest BCUT2D eigenvalue weighted by molar-refractivity contribution is -0.138. The molecule has 0 spiro atoms. The first kappa shape index (κ1) is 17.7. The number of hydrogen-bond donors (Lipinski definition) is 0. The second-order valence-electron chi connectivity index (χ2n) is 4.74.